The van der Waals surface area contributed by atoms with Crippen molar-refractivity contribution in [1.82, 2.24) is 15.2 Å². The first-order valence-corrected chi connectivity index (χ1v) is 10.8. The van der Waals surface area contributed by atoms with Crippen LogP contribution in [0.25, 0.3) is 16.3 Å². The summed E-state index contributed by atoms with van der Waals surface area (Å²) in [6.45, 7) is 2.01. The minimum Gasteiger partial charge on any atom is -0.507 e. The predicted molar refractivity (Wildman–Crippen MR) is 122 cm³/mol. The Morgan fingerprint density at radius 2 is 1.97 bits per heavy atom. The standard InChI is InChI=1S/C23H19ClN4OS/c1-14-7-8-20(29)16(11-14)18-12-19(26-25-18)17-13-28(15-5-3-2-4-6-15)27-23(17)21-9-10-22(24)30-21/h2-11,13,19,26,29H,12H2,1H3. The van der Waals surface area contributed by atoms with Gasteiger partial charge in [0.2, 0.25) is 0 Å². The van der Waals surface area contributed by atoms with Crippen LogP contribution in [0.1, 0.15) is 29.2 Å². The van der Waals surface area contributed by atoms with Gasteiger partial charge in [0.1, 0.15) is 11.4 Å². The molecular weight excluding hydrogens is 416 g/mol. The van der Waals surface area contributed by atoms with Crippen molar-refractivity contribution in [1.29, 1.82) is 0 Å². The second kappa shape index (κ2) is 7.63. The SMILES string of the molecule is Cc1ccc(O)c(C2=NNC(c3cn(-c4ccccc4)nc3-c3ccc(Cl)s3)C2)c1. The fourth-order valence-electron chi connectivity index (χ4n) is 3.66. The van der Waals surface area contributed by atoms with Crippen molar-refractivity contribution < 1.29 is 5.11 Å². The summed E-state index contributed by atoms with van der Waals surface area (Å²) in [5.41, 5.74) is 8.85. The number of aromatic nitrogens is 2. The van der Waals surface area contributed by atoms with E-state index >= 15 is 0 Å². The highest BCUT2D eigenvalue weighted by Gasteiger charge is 2.28. The molecule has 30 heavy (non-hydrogen) atoms. The van der Waals surface area contributed by atoms with Crippen LogP contribution < -0.4 is 5.43 Å². The summed E-state index contributed by atoms with van der Waals surface area (Å²) in [6.07, 6.45) is 2.70. The van der Waals surface area contributed by atoms with Crippen LogP contribution in [0.5, 0.6) is 5.75 Å². The zero-order valence-corrected chi connectivity index (χ0v) is 17.8. The number of hydrogen-bond donors (Lipinski definition) is 2. The average molecular weight is 435 g/mol. The Kier molecular flexibility index (Phi) is 4.81. The molecule has 1 atom stereocenters. The maximum absolute atomic E-state index is 10.3. The summed E-state index contributed by atoms with van der Waals surface area (Å²) < 4.78 is 2.62. The number of halogens is 1. The van der Waals surface area contributed by atoms with Gasteiger partial charge in [-0.15, -0.1) is 11.3 Å². The van der Waals surface area contributed by atoms with Gasteiger partial charge in [-0.1, -0.05) is 41.4 Å². The molecule has 5 rings (SSSR count). The zero-order valence-electron chi connectivity index (χ0n) is 16.2. The summed E-state index contributed by atoms with van der Waals surface area (Å²) in [6, 6.07) is 19.4. The van der Waals surface area contributed by atoms with E-state index in [1.54, 1.807) is 6.07 Å². The summed E-state index contributed by atoms with van der Waals surface area (Å²) >= 11 is 7.71. The number of phenolic OH excluding ortho intramolecular Hbond substituents is 1. The third kappa shape index (κ3) is 3.49. The minimum atomic E-state index is -0.0479. The molecule has 7 heteroatoms. The topological polar surface area (TPSA) is 62.4 Å². The van der Waals surface area contributed by atoms with Gasteiger partial charge in [-0.05, 0) is 43.3 Å². The van der Waals surface area contributed by atoms with Gasteiger partial charge in [-0.25, -0.2) is 4.68 Å². The number of nitrogens with one attached hydrogen (secondary N) is 1. The van der Waals surface area contributed by atoms with Crippen LogP contribution in [0.2, 0.25) is 4.34 Å². The predicted octanol–water partition coefficient (Wildman–Crippen LogP) is 5.71. The number of aryl methyl sites for hydroxylation is 1. The highest BCUT2D eigenvalue weighted by Crippen LogP contribution is 2.38. The Balaban J connectivity index is 1.52. The lowest BCUT2D eigenvalue weighted by molar-refractivity contribution is 0.474. The molecule has 0 saturated heterocycles. The Morgan fingerprint density at radius 1 is 1.13 bits per heavy atom. The molecular formula is C23H19ClN4OS. The van der Waals surface area contributed by atoms with E-state index in [9.17, 15) is 5.11 Å². The van der Waals surface area contributed by atoms with Crippen LogP contribution in [0.15, 0.2) is 72.0 Å². The van der Waals surface area contributed by atoms with E-state index in [1.807, 2.05) is 72.4 Å². The van der Waals surface area contributed by atoms with Gasteiger partial charge in [0.25, 0.3) is 0 Å². The quantitative estimate of drug-likeness (QED) is 0.432. The van der Waals surface area contributed by atoms with Gasteiger partial charge in [0, 0.05) is 23.7 Å². The van der Waals surface area contributed by atoms with Crippen LogP contribution >= 0.6 is 22.9 Å². The van der Waals surface area contributed by atoms with Crippen molar-refractivity contribution in [3.63, 3.8) is 0 Å². The number of hydrogen-bond acceptors (Lipinski definition) is 5. The van der Waals surface area contributed by atoms with Gasteiger partial charge in [-0.2, -0.15) is 10.2 Å². The smallest absolute Gasteiger partial charge is 0.124 e. The number of benzene rings is 2. The first-order chi connectivity index (χ1) is 14.6. The summed E-state index contributed by atoms with van der Waals surface area (Å²) in [7, 11) is 0. The van der Waals surface area contributed by atoms with E-state index in [2.05, 4.69) is 10.5 Å². The molecule has 4 aromatic rings. The highest BCUT2D eigenvalue weighted by molar-refractivity contribution is 7.19. The van der Waals surface area contributed by atoms with Gasteiger partial charge in [-0.3, -0.25) is 0 Å². The monoisotopic (exact) mass is 434 g/mol. The Hall–Kier alpha value is -3.09. The molecule has 2 aromatic heterocycles. The molecule has 0 radical (unpaired) electrons. The number of nitrogens with zero attached hydrogens (tertiary/aromatic N) is 3. The van der Waals surface area contributed by atoms with Crippen molar-refractivity contribution in [3.05, 3.63) is 87.9 Å². The molecule has 5 nitrogen and oxygen atoms in total. The van der Waals surface area contributed by atoms with E-state index in [4.69, 9.17) is 16.7 Å². The van der Waals surface area contributed by atoms with E-state index < -0.39 is 0 Å². The first-order valence-electron chi connectivity index (χ1n) is 9.61. The molecule has 0 amide bonds. The largest absolute Gasteiger partial charge is 0.507 e. The van der Waals surface area contributed by atoms with E-state index in [0.717, 1.165) is 43.0 Å². The van der Waals surface area contributed by atoms with Crippen LogP contribution in [0.4, 0.5) is 0 Å². The minimum absolute atomic E-state index is 0.0479. The average Bonchev–Trinajstić information content (AvgIpc) is 3.49. The van der Waals surface area contributed by atoms with Gasteiger partial charge in [0.05, 0.1) is 26.7 Å². The lowest BCUT2D eigenvalue weighted by Crippen LogP contribution is -2.10. The summed E-state index contributed by atoms with van der Waals surface area (Å²) in [4.78, 5) is 1.01. The van der Waals surface area contributed by atoms with Crippen LogP contribution in [0, 0.1) is 6.92 Å². The van der Waals surface area contributed by atoms with E-state index in [0.29, 0.717) is 6.42 Å². The normalized spacial score (nSPS) is 15.8. The van der Waals surface area contributed by atoms with Crippen molar-refractivity contribution in [2.75, 3.05) is 0 Å². The maximum atomic E-state index is 10.3. The van der Waals surface area contributed by atoms with Crippen molar-refractivity contribution >= 4 is 28.6 Å². The van der Waals surface area contributed by atoms with E-state index in [-0.39, 0.29) is 11.8 Å². The van der Waals surface area contributed by atoms with Gasteiger partial charge in [0.15, 0.2) is 0 Å². The molecule has 3 heterocycles. The molecule has 0 spiro atoms. The lowest BCUT2D eigenvalue weighted by atomic mass is 9.97. The third-order valence-corrected chi connectivity index (χ3v) is 6.40. The second-order valence-electron chi connectivity index (χ2n) is 7.28. The van der Waals surface area contributed by atoms with E-state index in [1.165, 1.54) is 11.3 Å². The Morgan fingerprint density at radius 3 is 2.73 bits per heavy atom. The number of hydrazone groups is 1. The van der Waals surface area contributed by atoms with Crippen molar-refractivity contribution in [2.24, 2.45) is 5.10 Å². The molecule has 2 N–H and O–H groups in total. The summed E-state index contributed by atoms with van der Waals surface area (Å²) in [5, 5.41) is 19.7. The van der Waals surface area contributed by atoms with Gasteiger partial charge >= 0.3 is 0 Å². The highest BCUT2D eigenvalue weighted by atomic mass is 35.5. The lowest BCUT2D eigenvalue weighted by Gasteiger charge is -2.10. The molecule has 150 valence electrons. The molecule has 0 fully saturated rings. The van der Waals surface area contributed by atoms with Crippen LogP contribution in [-0.2, 0) is 0 Å². The summed E-state index contributed by atoms with van der Waals surface area (Å²) in [5.74, 6) is 0.243. The molecule has 0 bridgehead atoms. The molecule has 1 aliphatic rings. The second-order valence-corrected chi connectivity index (χ2v) is 9.00. The van der Waals surface area contributed by atoms with Gasteiger partial charge < -0.3 is 10.5 Å². The number of thiophene rings is 1. The Bertz CT molecular complexity index is 1250. The van der Waals surface area contributed by atoms with Crippen molar-refractivity contribution in [3.8, 4) is 22.0 Å². The third-order valence-electron chi connectivity index (χ3n) is 5.16. The fraction of sp³-hybridized carbons (Fsp3) is 0.130. The molecule has 1 unspecified atom stereocenters. The van der Waals surface area contributed by atoms with Crippen LogP contribution in [-0.4, -0.2) is 20.6 Å². The van der Waals surface area contributed by atoms with Crippen molar-refractivity contribution in [2.45, 2.75) is 19.4 Å². The zero-order chi connectivity index (χ0) is 20.7. The Labute approximate surface area is 183 Å². The first kappa shape index (κ1) is 18.9. The molecule has 2 aromatic carbocycles. The number of aromatic hydroxyl groups is 1. The molecule has 0 aliphatic carbocycles. The maximum Gasteiger partial charge on any atom is 0.124 e. The number of rotatable bonds is 4. The number of phenols is 1. The molecule has 1 aliphatic heterocycles. The molecule has 0 saturated carbocycles. The fourth-order valence-corrected chi connectivity index (χ4v) is 4.71. The van der Waals surface area contributed by atoms with Crippen LogP contribution in [0.3, 0.4) is 0 Å². The number of para-hydroxylation sites is 1.